The van der Waals surface area contributed by atoms with Gasteiger partial charge in [0.25, 0.3) is 0 Å². The highest BCUT2D eigenvalue weighted by Crippen LogP contribution is 1.82. The smallest absolute Gasteiger partial charge is 0.0376 e. The normalized spacial score (nSPS) is 10.9. The molecule has 11 heavy (non-hydrogen) atoms. The summed E-state index contributed by atoms with van der Waals surface area (Å²) >= 11 is 0. The summed E-state index contributed by atoms with van der Waals surface area (Å²) in [5.41, 5.74) is 0. The second-order valence-electron chi connectivity index (χ2n) is 1.75. The summed E-state index contributed by atoms with van der Waals surface area (Å²) in [6.45, 7) is 8.13. The Balaban J connectivity index is 0. The van der Waals surface area contributed by atoms with Crippen LogP contribution < -0.4 is 0 Å². The van der Waals surface area contributed by atoms with Crippen molar-refractivity contribution < 1.29 is 0 Å². The molecule has 0 rings (SSSR count). The molecular weight excluding hydrogens is 132 g/mol. The van der Waals surface area contributed by atoms with Crippen LogP contribution in [0.5, 0.6) is 0 Å². The number of hydrogen-bond acceptors (Lipinski definition) is 0. The van der Waals surface area contributed by atoms with Crippen LogP contribution in [0.4, 0.5) is 0 Å². The van der Waals surface area contributed by atoms with E-state index in [1.165, 1.54) is 0 Å². The summed E-state index contributed by atoms with van der Waals surface area (Å²) in [4.78, 5) is 0. The van der Waals surface area contributed by atoms with Crippen molar-refractivity contribution in [3.63, 3.8) is 0 Å². The zero-order chi connectivity index (χ0) is 8.95. The minimum atomic E-state index is 1.11. The molecule has 0 radical (unpaired) electrons. The summed E-state index contributed by atoms with van der Waals surface area (Å²) in [6.07, 6.45) is 13.4. The van der Waals surface area contributed by atoms with Gasteiger partial charge in [-0.15, -0.1) is 0 Å². The molecule has 0 saturated heterocycles. The zero-order valence-corrected chi connectivity index (χ0v) is 8.17. The summed E-state index contributed by atoms with van der Waals surface area (Å²) in [6, 6.07) is 0. The molecule has 0 nitrogen and oxygen atoms in total. The van der Waals surface area contributed by atoms with E-state index in [-0.39, 0.29) is 0 Å². The first-order chi connectivity index (χ1) is 5.41. The van der Waals surface area contributed by atoms with Crippen LogP contribution >= 0.6 is 0 Å². The third-order valence-corrected chi connectivity index (χ3v) is 0.898. The fraction of sp³-hybridized carbons (Fsp3) is 0.455. The fourth-order valence-electron chi connectivity index (χ4n) is 0.454. The summed E-state index contributed by atoms with van der Waals surface area (Å²) in [5.74, 6) is 0. The van der Waals surface area contributed by atoms with Crippen molar-refractivity contribution in [3.8, 4) is 0 Å². The molecule has 0 aromatic heterocycles. The van der Waals surface area contributed by atoms with Crippen LogP contribution in [0.15, 0.2) is 36.5 Å². The SMILES string of the molecule is CC.C\C=C/C=C\C=C\CC. The van der Waals surface area contributed by atoms with E-state index in [1.807, 2.05) is 45.1 Å². The Kier molecular flexibility index (Phi) is 18.8. The molecule has 0 heterocycles. The first kappa shape index (κ1) is 12.9. The van der Waals surface area contributed by atoms with Crippen LogP contribution in [0.3, 0.4) is 0 Å². The van der Waals surface area contributed by atoms with Gasteiger partial charge in [0.05, 0.1) is 0 Å². The molecule has 0 bridgehead atoms. The lowest BCUT2D eigenvalue weighted by Crippen LogP contribution is -1.51. The quantitative estimate of drug-likeness (QED) is 0.534. The maximum absolute atomic E-state index is 2.12. The van der Waals surface area contributed by atoms with Gasteiger partial charge in [0, 0.05) is 0 Å². The monoisotopic (exact) mass is 152 g/mol. The van der Waals surface area contributed by atoms with Gasteiger partial charge in [0.1, 0.15) is 0 Å². The lowest BCUT2D eigenvalue weighted by atomic mass is 10.4. The van der Waals surface area contributed by atoms with Crippen LogP contribution in [0.1, 0.15) is 34.1 Å². The molecule has 0 atom stereocenters. The maximum Gasteiger partial charge on any atom is -0.0376 e. The highest BCUT2D eigenvalue weighted by Gasteiger charge is 1.60. The van der Waals surface area contributed by atoms with Gasteiger partial charge in [0.2, 0.25) is 0 Å². The van der Waals surface area contributed by atoms with Gasteiger partial charge in [-0.05, 0) is 13.3 Å². The van der Waals surface area contributed by atoms with Crippen LogP contribution in [0, 0.1) is 0 Å². The Morgan fingerprint density at radius 3 is 1.91 bits per heavy atom. The average molecular weight is 152 g/mol. The highest BCUT2D eigenvalue weighted by atomic mass is 13.7. The predicted octanol–water partition coefficient (Wildman–Crippen LogP) is 4.11. The molecule has 0 heteroatoms. The van der Waals surface area contributed by atoms with Gasteiger partial charge in [-0.3, -0.25) is 0 Å². The minimum absolute atomic E-state index is 1.11. The van der Waals surface area contributed by atoms with Crippen LogP contribution in [-0.4, -0.2) is 0 Å². The van der Waals surface area contributed by atoms with Gasteiger partial charge >= 0.3 is 0 Å². The van der Waals surface area contributed by atoms with E-state index in [0.717, 1.165) is 6.42 Å². The predicted molar refractivity (Wildman–Crippen MR) is 54.7 cm³/mol. The summed E-state index contributed by atoms with van der Waals surface area (Å²) < 4.78 is 0. The lowest BCUT2D eigenvalue weighted by molar-refractivity contribution is 1.22. The maximum atomic E-state index is 2.12. The topological polar surface area (TPSA) is 0 Å². The Morgan fingerprint density at radius 1 is 0.909 bits per heavy atom. The molecule has 0 aromatic rings. The molecule has 0 aliphatic carbocycles. The van der Waals surface area contributed by atoms with Crippen LogP contribution in [-0.2, 0) is 0 Å². The van der Waals surface area contributed by atoms with Crippen molar-refractivity contribution >= 4 is 0 Å². The number of allylic oxidation sites excluding steroid dienone is 6. The first-order valence-corrected chi connectivity index (χ1v) is 4.36. The van der Waals surface area contributed by atoms with Crippen LogP contribution in [0.2, 0.25) is 0 Å². The third kappa shape index (κ3) is 17.6. The second kappa shape index (κ2) is 16.1. The van der Waals surface area contributed by atoms with Crippen LogP contribution in [0.25, 0.3) is 0 Å². The van der Waals surface area contributed by atoms with E-state index >= 15 is 0 Å². The van der Waals surface area contributed by atoms with E-state index in [0.29, 0.717) is 0 Å². The molecule has 0 amide bonds. The Labute approximate surface area is 71.3 Å². The summed E-state index contributed by atoms with van der Waals surface area (Å²) in [5, 5.41) is 0. The van der Waals surface area contributed by atoms with Gasteiger partial charge < -0.3 is 0 Å². The fourth-order valence-corrected chi connectivity index (χ4v) is 0.454. The molecule has 0 aliphatic rings. The van der Waals surface area contributed by atoms with E-state index < -0.39 is 0 Å². The standard InChI is InChI=1S/C9H14.C2H6/c1-3-5-7-9-8-6-4-2;1-2/h3,5-9H,4H2,1-2H3;1-2H3/b5-3-,8-6+,9-7-;. The minimum Gasteiger partial charge on any atom is -0.0877 e. The van der Waals surface area contributed by atoms with E-state index in [4.69, 9.17) is 0 Å². The third-order valence-electron chi connectivity index (χ3n) is 0.898. The molecule has 0 fully saturated rings. The van der Waals surface area contributed by atoms with Crippen molar-refractivity contribution in [2.45, 2.75) is 34.1 Å². The lowest BCUT2D eigenvalue weighted by Gasteiger charge is -1.72. The molecule has 0 spiro atoms. The molecule has 0 aliphatic heterocycles. The molecule has 0 unspecified atom stereocenters. The first-order valence-electron chi connectivity index (χ1n) is 4.36. The Bertz CT molecular complexity index is 116. The van der Waals surface area contributed by atoms with Crippen molar-refractivity contribution in [2.24, 2.45) is 0 Å². The van der Waals surface area contributed by atoms with Crippen molar-refractivity contribution in [3.05, 3.63) is 36.5 Å². The van der Waals surface area contributed by atoms with Gasteiger partial charge in [-0.25, -0.2) is 0 Å². The van der Waals surface area contributed by atoms with E-state index in [9.17, 15) is 0 Å². The van der Waals surface area contributed by atoms with E-state index in [2.05, 4.69) is 19.1 Å². The zero-order valence-electron chi connectivity index (χ0n) is 8.17. The van der Waals surface area contributed by atoms with Crippen molar-refractivity contribution in [1.29, 1.82) is 0 Å². The molecule has 0 N–H and O–H groups in total. The van der Waals surface area contributed by atoms with Gasteiger partial charge in [0.15, 0.2) is 0 Å². The second-order valence-corrected chi connectivity index (χ2v) is 1.75. The van der Waals surface area contributed by atoms with Gasteiger partial charge in [-0.2, -0.15) is 0 Å². The molecular formula is C11H20. The average Bonchev–Trinajstić information content (AvgIpc) is 2.08. The largest absolute Gasteiger partial charge is 0.0877 e. The molecule has 0 saturated carbocycles. The Morgan fingerprint density at radius 2 is 1.45 bits per heavy atom. The highest BCUT2D eigenvalue weighted by molar-refractivity contribution is 5.10. The molecule has 0 aromatic carbocycles. The number of hydrogen-bond donors (Lipinski definition) is 0. The molecule has 64 valence electrons. The van der Waals surface area contributed by atoms with Crippen molar-refractivity contribution in [1.82, 2.24) is 0 Å². The van der Waals surface area contributed by atoms with Gasteiger partial charge in [-0.1, -0.05) is 57.2 Å². The van der Waals surface area contributed by atoms with Crippen molar-refractivity contribution in [2.75, 3.05) is 0 Å². The number of rotatable bonds is 3. The Hall–Kier alpha value is -0.780. The summed E-state index contributed by atoms with van der Waals surface area (Å²) in [7, 11) is 0. The van der Waals surface area contributed by atoms with E-state index in [1.54, 1.807) is 0 Å².